The van der Waals surface area contributed by atoms with Gasteiger partial charge < -0.3 is 9.80 Å². The zero-order chi connectivity index (χ0) is 25.5. The fourth-order valence-corrected chi connectivity index (χ4v) is 5.96. The Balaban J connectivity index is 1.94. The summed E-state index contributed by atoms with van der Waals surface area (Å²) < 4.78 is 2.26. The lowest BCUT2D eigenvalue weighted by Gasteiger charge is -2.36. The molecule has 2 aliphatic heterocycles. The maximum atomic E-state index is 13.3. The number of amides is 1. The van der Waals surface area contributed by atoms with Crippen LogP contribution in [0, 0.1) is 18.3 Å². The van der Waals surface area contributed by atoms with Crippen LogP contribution in [0.15, 0.2) is 9.70 Å². The average molecular weight is 516 g/mol. The normalized spacial score (nSPS) is 18.1. The molecule has 0 N–H and O–H groups in total. The number of nitrogens with zero attached hydrogens (tertiary/aromatic N) is 5. The summed E-state index contributed by atoms with van der Waals surface area (Å²) >= 11 is 6.87. The Bertz CT molecular complexity index is 1080. The van der Waals surface area contributed by atoms with Crippen molar-refractivity contribution in [3.05, 3.63) is 31.9 Å². The van der Waals surface area contributed by atoms with Crippen LogP contribution in [0.1, 0.15) is 69.1 Å². The van der Waals surface area contributed by atoms with E-state index in [0.29, 0.717) is 27.9 Å². The van der Waals surface area contributed by atoms with Crippen LogP contribution in [-0.4, -0.2) is 64.4 Å². The molecule has 1 aromatic rings. The van der Waals surface area contributed by atoms with Crippen LogP contribution >= 0.6 is 24.0 Å². The molecular formula is C26H37N5O2S2. The van der Waals surface area contributed by atoms with E-state index in [9.17, 15) is 14.9 Å². The minimum absolute atomic E-state index is 0.0787. The number of hydrogen-bond donors (Lipinski definition) is 0. The quantitative estimate of drug-likeness (QED) is 0.260. The molecule has 0 radical (unpaired) electrons. The molecule has 1 aromatic heterocycles. The molecule has 3 rings (SSSR count). The first-order chi connectivity index (χ1) is 16.8. The number of carbonyl (C=O) groups excluding carboxylic acids is 1. The van der Waals surface area contributed by atoms with Gasteiger partial charge in [0.05, 0.1) is 4.91 Å². The highest BCUT2D eigenvalue weighted by Crippen LogP contribution is 2.36. The topological polar surface area (TPSA) is 72.6 Å². The lowest BCUT2D eigenvalue weighted by atomic mass is 10.0. The summed E-state index contributed by atoms with van der Waals surface area (Å²) in [5, 5.41) is 9.75. The van der Waals surface area contributed by atoms with E-state index in [-0.39, 0.29) is 17.0 Å². The lowest BCUT2D eigenvalue weighted by molar-refractivity contribution is -0.122. The van der Waals surface area contributed by atoms with Gasteiger partial charge in [-0.05, 0) is 39.0 Å². The molecule has 9 heteroatoms. The van der Waals surface area contributed by atoms with E-state index in [1.54, 1.807) is 9.47 Å². The minimum atomic E-state index is -0.269. The van der Waals surface area contributed by atoms with Crippen LogP contribution < -0.4 is 10.5 Å². The second-order valence-electron chi connectivity index (χ2n) is 9.29. The molecule has 2 fully saturated rings. The third-order valence-electron chi connectivity index (χ3n) is 6.85. The Morgan fingerprint density at radius 2 is 1.71 bits per heavy atom. The third-order valence-corrected chi connectivity index (χ3v) is 8.23. The monoisotopic (exact) mass is 515 g/mol. The van der Waals surface area contributed by atoms with Crippen LogP contribution in [0.25, 0.3) is 6.08 Å². The highest BCUT2D eigenvalue weighted by atomic mass is 32.2. The van der Waals surface area contributed by atoms with Crippen molar-refractivity contribution in [2.45, 2.75) is 65.8 Å². The van der Waals surface area contributed by atoms with E-state index in [1.807, 2.05) is 19.9 Å². The molecule has 0 bridgehead atoms. The average Bonchev–Trinajstić information content (AvgIpc) is 3.11. The van der Waals surface area contributed by atoms with Gasteiger partial charge in [0.1, 0.15) is 21.8 Å². The zero-order valence-electron chi connectivity index (χ0n) is 21.4. The van der Waals surface area contributed by atoms with Gasteiger partial charge in [-0.3, -0.25) is 19.1 Å². The van der Waals surface area contributed by atoms with Crippen LogP contribution in [0.5, 0.6) is 0 Å². The number of pyridine rings is 1. The Morgan fingerprint density at radius 3 is 2.34 bits per heavy atom. The number of unbranched alkanes of at least 4 members (excludes halogenated alkanes) is 5. The molecule has 35 heavy (non-hydrogen) atoms. The van der Waals surface area contributed by atoms with Gasteiger partial charge in [-0.1, -0.05) is 63.0 Å². The highest BCUT2D eigenvalue weighted by Gasteiger charge is 2.33. The summed E-state index contributed by atoms with van der Waals surface area (Å²) in [5.41, 5.74) is 1.26. The molecule has 0 unspecified atom stereocenters. The predicted molar refractivity (Wildman–Crippen MR) is 149 cm³/mol. The number of rotatable bonds is 10. The molecule has 0 atom stereocenters. The first kappa shape index (κ1) is 27.4. The van der Waals surface area contributed by atoms with Gasteiger partial charge in [-0.15, -0.1) is 0 Å². The standard InChI is InChI=1S/C26H37N5O2S2/c1-5-7-8-9-10-11-12-31-25(33)22(35-26(31)34)17-20-19(3)21(18-27)24(32)30(6-2)23(20)29-15-13-28(4)14-16-29/h17H,5-16H2,1-4H3/b22-17-. The molecule has 2 aliphatic rings. The van der Waals surface area contributed by atoms with Gasteiger partial charge in [0, 0.05) is 44.8 Å². The number of aromatic nitrogens is 1. The van der Waals surface area contributed by atoms with Crippen molar-refractivity contribution < 1.29 is 4.79 Å². The molecule has 2 saturated heterocycles. The summed E-state index contributed by atoms with van der Waals surface area (Å²) in [6.07, 6.45) is 8.77. The van der Waals surface area contributed by atoms with Crippen molar-refractivity contribution >= 4 is 46.1 Å². The summed E-state index contributed by atoms with van der Waals surface area (Å²) in [5.74, 6) is 0.716. The smallest absolute Gasteiger partial charge is 0.270 e. The fourth-order valence-electron chi connectivity index (χ4n) is 4.67. The number of likely N-dealkylation sites (N-methyl/N-ethyl adjacent to an activating group) is 1. The maximum Gasteiger partial charge on any atom is 0.270 e. The molecule has 0 spiro atoms. The summed E-state index contributed by atoms with van der Waals surface area (Å²) in [6, 6.07) is 2.10. The Morgan fingerprint density at radius 1 is 1.06 bits per heavy atom. The maximum absolute atomic E-state index is 13.3. The molecule has 0 saturated carbocycles. The van der Waals surface area contributed by atoms with Crippen molar-refractivity contribution in [3.8, 4) is 6.07 Å². The van der Waals surface area contributed by atoms with E-state index >= 15 is 0 Å². The second-order valence-corrected chi connectivity index (χ2v) is 11.0. The number of thioether (sulfide) groups is 1. The fraction of sp³-hybridized carbons (Fsp3) is 0.615. The Hall–Kier alpha value is -2.15. The number of anilines is 1. The van der Waals surface area contributed by atoms with E-state index in [1.165, 1.54) is 37.4 Å². The van der Waals surface area contributed by atoms with Gasteiger partial charge in [-0.25, -0.2) is 0 Å². The van der Waals surface area contributed by atoms with Crippen molar-refractivity contribution in [1.29, 1.82) is 5.26 Å². The van der Waals surface area contributed by atoms with Crippen molar-refractivity contribution in [3.63, 3.8) is 0 Å². The molecule has 7 nitrogen and oxygen atoms in total. The van der Waals surface area contributed by atoms with Crippen molar-refractivity contribution in [2.75, 3.05) is 44.7 Å². The van der Waals surface area contributed by atoms with E-state index in [4.69, 9.17) is 12.2 Å². The summed E-state index contributed by atoms with van der Waals surface area (Å²) in [4.78, 5) is 33.2. The second kappa shape index (κ2) is 12.7. The number of thiocarbonyl (C=S) groups is 1. The third kappa shape index (κ3) is 6.16. The number of nitriles is 1. The first-order valence-corrected chi connectivity index (χ1v) is 13.9. The zero-order valence-corrected chi connectivity index (χ0v) is 23.1. The molecule has 0 aliphatic carbocycles. The summed E-state index contributed by atoms with van der Waals surface area (Å²) in [7, 11) is 2.09. The van der Waals surface area contributed by atoms with Gasteiger partial charge in [-0.2, -0.15) is 5.26 Å². The molecular weight excluding hydrogens is 478 g/mol. The first-order valence-electron chi connectivity index (χ1n) is 12.7. The number of hydrogen-bond acceptors (Lipinski definition) is 7. The van der Waals surface area contributed by atoms with E-state index < -0.39 is 0 Å². The van der Waals surface area contributed by atoms with Gasteiger partial charge in [0.2, 0.25) is 0 Å². The lowest BCUT2D eigenvalue weighted by Crippen LogP contribution is -2.47. The number of carbonyl (C=O) groups is 1. The van der Waals surface area contributed by atoms with Crippen LogP contribution in [0.3, 0.4) is 0 Å². The molecule has 1 amide bonds. The number of piperazine rings is 1. The highest BCUT2D eigenvalue weighted by molar-refractivity contribution is 8.26. The molecule has 0 aromatic carbocycles. The SMILES string of the molecule is CCCCCCCCN1C(=O)/C(=C/c2c(C)c(C#N)c(=O)n(CC)c2N2CCN(C)CC2)SC1=S. The van der Waals surface area contributed by atoms with Crippen LogP contribution in [0.2, 0.25) is 0 Å². The van der Waals surface area contributed by atoms with Crippen molar-refractivity contribution in [1.82, 2.24) is 14.4 Å². The van der Waals surface area contributed by atoms with Crippen molar-refractivity contribution in [2.24, 2.45) is 0 Å². The van der Waals surface area contributed by atoms with Gasteiger partial charge in [0.25, 0.3) is 11.5 Å². The molecule has 190 valence electrons. The Labute approximate surface area is 218 Å². The van der Waals surface area contributed by atoms with Gasteiger partial charge in [0.15, 0.2) is 0 Å². The van der Waals surface area contributed by atoms with E-state index in [2.05, 4.69) is 29.8 Å². The van der Waals surface area contributed by atoms with Gasteiger partial charge >= 0.3 is 0 Å². The largest absolute Gasteiger partial charge is 0.355 e. The molecule has 3 heterocycles. The summed E-state index contributed by atoms with van der Waals surface area (Å²) in [6.45, 7) is 10.3. The van der Waals surface area contributed by atoms with Crippen LogP contribution in [0.4, 0.5) is 5.82 Å². The minimum Gasteiger partial charge on any atom is -0.355 e. The Kier molecular flexibility index (Phi) is 9.96. The van der Waals surface area contributed by atoms with E-state index in [0.717, 1.165) is 50.4 Å². The van der Waals surface area contributed by atoms with Crippen LogP contribution in [-0.2, 0) is 11.3 Å². The predicted octanol–water partition coefficient (Wildman–Crippen LogP) is 4.36.